The van der Waals surface area contributed by atoms with Crippen LogP contribution in [0.1, 0.15) is 184 Å². The van der Waals surface area contributed by atoms with Crippen molar-refractivity contribution in [2.75, 3.05) is 48.5 Å². The molecule has 24 nitrogen and oxygen atoms in total. The summed E-state index contributed by atoms with van der Waals surface area (Å²) in [6, 6.07) is 14.5. The van der Waals surface area contributed by atoms with Gasteiger partial charge in [0.05, 0.1) is 96.5 Å². The Morgan fingerprint density at radius 2 is 1.06 bits per heavy atom. The number of aliphatic hydroxyl groups is 3. The first-order valence-electron chi connectivity index (χ1n) is 37.6. The Morgan fingerprint density at radius 3 is 1.50 bits per heavy atom. The molecule has 10 aromatic rings. The number of ether oxygens (including phenoxy) is 1. The zero-order valence-electron chi connectivity index (χ0n) is 62.1. The summed E-state index contributed by atoms with van der Waals surface area (Å²) >= 11 is 0. The summed E-state index contributed by atoms with van der Waals surface area (Å²) in [5.74, 6) is 4.76. The monoisotopic (exact) mass is 1530 g/mol. The number of anilines is 3. The van der Waals surface area contributed by atoms with Gasteiger partial charge in [0.25, 0.3) is 0 Å². The fraction of sp³-hybridized carbons (Fsp3) is 0.519. The molecule has 32 heteroatoms. The first-order chi connectivity index (χ1) is 51.9. The molecule has 4 saturated carbocycles. The second-order valence-electron chi connectivity index (χ2n) is 30.7. The quantitative estimate of drug-likeness (QED) is 0.0292. The molecule has 584 valence electrons. The van der Waals surface area contributed by atoms with E-state index in [2.05, 4.69) is 86.0 Å². The molecule has 1 aromatic carbocycles. The van der Waals surface area contributed by atoms with Crippen LogP contribution in [0, 0.1) is 10.6 Å². The van der Waals surface area contributed by atoms with Crippen molar-refractivity contribution in [2.24, 2.45) is 0 Å². The smallest absolute Gasteiger partial charge is 0.393 e. The van der Waals surface area contributed by atoms with E-state index in [1.807, 2.05) is 61.1 Å². The lowest BCUT2D eigenvalue weighted by Crippen LogP contribution is -2.51. The zero-order chi connectivity index (χ0) is 77.3. The Bertz CT molecular complexity index is 4890. The lowest BCUT2D eigenvalue weighted by atomic mass is 9.85. The Kier molecular flexibility index (Phi) is 23.2. The average molecular weight is 1530 g/mol. The van der Waals surface area contributed by atoms with E-state index >= 15 is 0 Å². The number of amides is 1. The van der Waals surface area contributed by atoms with Gasteiger partial charge in [-0.3, -0.25) is 18.9 Å². The van der Waals surface area contributed by atoms with E-state index in [1.54, 1.807) is 55.7 Å². The van der Waals surface area contributed by atoms with E-state index in [0.717, 1.165) is 126 Å². The summed E-state index contributed by atoms with van der Waals surface area (Å²) in [4.78, 5) is 32.6. The molecular weight excluding hydrogens is 1440 g/mol. The van der Waals surface area contributed by atoms with Crippen LogP contribution in [0.15, 0.2) is 109 Å². The first-order valence-corrected chi connectivity index (χ1v) is 39.8. The molecule has 5 aliphatic rings. The van der Waals surface area contributed by atoms with Crippen molar-refractivity contribution in [1.82, 2.24) is 73.2 Å². The number of aromatic nitrogens is 14. The molecule has 4 atom stereocenters. The van der Waals surface area contributed by atoms with E-state index < -0.39 is 45.8 Å². The molecule has 15 rings (SSSR count). The maximum absolute atomic E-state index is 13.3. The van der Waals surface area contributed by atoms with Gasteiger partial charge in [-0.05, 0) is 186 Å². The van der Waals surface area contributed by atoms with Gasteiger partial charge in [0.2, 0.25) is 23.8 Å². The SMILES string of the molecule is C=S(C)(=N)c1ccc(-c2cc(C3CCC(O)CC3)n3nc(N[C@@H](C)CC(F)(F)F)ncc23)cn1.CC(Cc1ccc(F)cc1)Nc1ncc2c(-c3cnn(C4CCC4)c3)cc(C3CCC(O)CC3)n2n1.C[C@H](Nc1ncc2c(-c3cnn(C(C)(C)C(=O)N4CCOCC4)c3)cc(C3CCC(O)CC3)n2n1)C(F)(F)F. The highest BCUT2D eigenvalue weighted by Crippen LogP contribution is 2.43. The lowest BCUT2D eigenvalue weighted by Gasteiger charge is -2.34. The zero-order valence-corrected chi connectivity index (χ0v) is 62.9. The molecule has 9 aromatic heterocycles. The number of hydrogen-bond donors (Lipinski definition) is 7. The third-order valence-corrected chi connectivity index (χ3v) is 22.9. The molecule has 1 amide bonds. The van der Waals surface area contributed by atoms with Gasteiger partial charge in [-0.1, -0.05) is 33.5 Å². The minimum atomic E-state index is -4.44. The number of aliphatic hydroxyl groups excluding tert-OH is 3. The number of carbonyl (C=O) groups is 1. The van der Waals surface area contributed by atoms with Crippen molar-refractivity contribution in [3.05, 3.63) is 133 Å². The average Bonchev–Trinajstić information content (AvgIpc) is 1.61. The van der Waals surface area contributed by atoms with Crippen molar-refractivity contribution in [3.63, 3.8) is 0 Å². The van der Waals surface area contributed by atoms with E-state index in [4.69, 9.17) is 14.6 Å². The fourth-order valence-corrected chi connectivity index (χ4v) is 15.9. The molecule has 5 fully saturated rings. The maximum atomic E-state index is 13.3. The number of carbonyl (C=O) groups excluding carboxylic acids is 1. The Balaban J connectivity index is 0.000000144. The van der Waals surface area contributed by atoms with Crippen LogP contribution < -0.4 is 16.0 Å². The first kappa shape index (κ1) is 78.0. The topological polar surface area (TPSA) is 289 Å². The van der Waals surface area contributed by atoms with Gasteiger partial charge in [0.1, 0.15) is 17.4 Å². The third-order valence-electron chi connectivity index (χ3n) is 21.7. The largest absolute Gasteiger partial charge is 0.408 e. The van der Waals surface area contributed by atoms with E-state index in [-0.39, 0.29) is 59.8 Å². The van der Waals surface area contributed by atoms with Gasteiger partial charge in [0.15, 0.2) is 0 Å². The van der Waals surface area contributed by atoms with Crippen molar-refractivity contribution in [2.45, 2.75) is 227 Å². The van der Waals surface area contributed by atoms with Crippen molar-refractivity contribution in [1.29, 1.82) is 4.78 Å². The number of alkyl halides is 6. The summed E-state index contributed by atoms with van der Waals surface area (Å²) in [6.45, 7) is 10.3. The molecule has 7 N–H and O–H groups in total. The standard InChI is InChI=1S/C28H33FN6O.C26H34F3N7O3.C23H29F3N6OS/c1-18(13-19-5-9-22(29)10-6-19)32-28-30-16-27-25(21-15-31-34(17-21)23-3-2-4-23)14-26(35(27)33-28)20-7-11-24(36)12-8-20;1-16(26(27,28)29)32-24-30-14-22-20(12-21(36(22)33-24)17-4-6-19(37)7-5-17)18-13-31-35(15-18)25(2,3)23(38)34-8-10-39-11-9-34;1-14(11-23(24,25)26)30-22-29-13-20-18(16-6-9-21(28-12-16)34(2,3)27)10-19(32(20)31-22)15-4-7-17(33)8-5-15/h5-6,9-10,14-18,20,23-24,36H,2-4,7-8,11-13H2,1H3,(H,32,33);12-17,19,37H,4-11H2,1-3H3,(H,32,33);6,9-10,12-15,17,27,33H,2,4-5,7-8,11H2,1,3H3,(H,30,31)/t;16-,17?,19?;14-,15?,17?,34?/m.00/s1. The fourth-order valence-electron chi connectivity index (χ4n) is 15.2. The lowest BCUT2D eigenvalue weighted by molar-refractivity contribution is -0.144. The summed E-state index contributed by atoms with van der Waals surface area (Å²) in [6.07, 6.45) is 19.2. The van der Waals surface area contributed by atoms with Crippen LogP contribution in [0.3, 0.4) is 0 Å². The number of morpholine rings is 1. The molecule has 10 heterocycles. The molecule has 109 heavy (non-hydrogen) atoms. The number of nitrogens with zero attached hydrogens (tertiary/aromatic N) is 15. The third kappa shape index (κ3) is 18.4. The predicted molar refractivity (Wildman–Crippen MR) is 403 cm³/mol. The minimum Gasteiger partial charge on any atom is -0.393 e. The van der Waals surface area contributed by atoms with Crippen molar-refractivity contribution < 1.29 is 55.6 Å². The Hall–Kier alpha value is -9.11. The van der Waals surface area contributed by atoms with Crippen LogP contribution in [0.4, 0.5) is 48.6 Å². The highest BCUT2D eigenvalue weighted by atomic mass is 32.2. The van der Waals surface area contributed by atoms with Gasteiger partial charge in [-0.2, -0.15) is 36.5 Å². The number of pyridine rings is 1. The van der Waals surface area contributed by atoms with Crippen LogP contribution in [0.5, 0.6) is 0 Å². The number of nitrogens with one attached hydrogen (secondary N) is 4. The number of benzene rings is 1. The number of fused-ring (bicyclic) bond motifs is 3. The normalized spacial score (nSPS) is 21.7. The molecule has 0 bridgehead atoms. The number of hydrogen-bond acceptors (Lipinski definition) is 18. The van der Waals surface area contributed by atoms with E-state index in [9.17, 15) is 50.8 Å². The van der Waals surface area contributed by atoms with Gasteiger partial charge < -0.3 is 40.9 Å². The highest BCUT2D eigenvalue weighted by molar-refractivity contribution is 8.00. The minimum absolute atomic E-state index is 0.0542. The molecule has 1 saturated heterocycles. The molecule has 0 spiro atoms. The second kappa shape index (κ2) is 32.4. The van der Waals surface area contributed by atoms with Crippen molar-refractivity contribution in [3.8, 4) is 33.4 Å². The number of rotatable bonds is 19. The van der Waals surface area contributed by atoms with E-state index in [0.29, 0.717) is 80.4 Å². The Labute approximate surface area is 627 Å². The summed E-state index contributed by atoms with van der Waals surface area (Å²) < 4.78 is 114. The van der Waals surface area contributed by atoms with Gasteiger partial charge in [0, 0.05) is 112 Å². The van der Waals surface area contributed by atoms with Gasteiger partial charge in [-0.25, -0.2) is 37.9 Å². The summed E-state index contributed by atoms with van der Waals surface area (Å²) in [7, 11) is -1.94. The van der Waals surface area contributed by atoms with Gasteiger partial charge >= 0.3 is 12.4 Å². The maximum Gasteiger partial charge on any atom is 0.408 e. The Morgan fingerprint density at radius 1 is 0.596 bits per heavy atom. The molecule has 1 aliphatic heterocycles. The summed E-state index contributed by atoms with van der Waals surface area (Å²) in [5, 5.41) is 62.3. The molecular formula is C77H96F7N19O5S. The van der Waals surface area contributed by atoms with E-state index in [1.165, 1.54) is 50.2 Å². The van der Waals surface area contributed by atoms with Crippen LogP contribution in [-0.4, -0.2) is 182 Å². The molecule has 0 radical (unpaired) electrons. The highest BCUT2D eigenvalue weighted by Gasteiger charge is 2.39. The van der Waals surface area contributed by atoms with Crippen LogP contribution in [0.2, 0.25) is 0 Å². The van der Waals surface area contributed by atoms with Crippen LogP contribution in [-0.2, 0) is 30.9 Å². The summed E-state index contributed by atoms with van der Waals surface area (Å²) in [5.41, 5.74) is 10.8. The van der Waals surface area contributed by atoms with Crippen LogP contribution >= 0.6 is 0 Å². The molecule has 4 aliphatic carbocycles. The van der Waals surface area contributed by atoms with Crippen LogP contribution in [0.25, 0.3) is 49.9 Å². The second-order valence-corrected chi connectivity index (χ2v) is 33.2. The predicted octanol–water partition coefficient (Wildman–Crippen LogP) is 14.0. The molecule has 2 unspecified atom stereocenters. The number of halogens is 7. The van der Waals surface area contributed by atoms with Crippen molar-refractivity contribution >= 4 is 55.6 Å². The van der Waals surface area contributed by atoms with Gasteiger partial charge in [-0.15, -0.1) is 15.3 Å².